The Hall–Kier alpha value is -1.11. The van der Waals surface area contributed by atoms with Crippen LogP contribution < -0.4 is 0 Å². The molecule has 0 aliphatic heterocycles. The number of ketones is 1. The summed E-state index contributed by atoms with van der Waals surface area (Å²) in [5.74, 6) is 0.271. The summed E-state index contributed by atoms with van der Waals surface area (Å²) in [5, 5.41) is 0. The molecule has 0 heterocycles. The Bertz CT molecular complexity index is 211. The van der Waals surface area contributed by atoms with E-state index in [1.165, 1.54) is 5.57 Å². The van der Waals surface area contributed by atoms with E-state index in [-0.39, 0.29) is 5.78 Å². The molecule has 0 aromatic carbocycles. The molecule has 0 unspecified atom stereocenters. The molecule has 1 heteroatoms. The Balaban J connectivity index is 3.61. The molecular weight excluding hydrogens is 160 g/mol. The Kier molecular flexibility index (Phi) is 6.89. The van der Waals surface area contributed by atoms with Crippen LogP contribution in [0.2, 0.25) is 0 Å². The normalized spacial score (nSPS) is 11.0. The number of Topliss-reactive ketones (excluding diaryl/α,β-unsaturated/α-hetero) is 1. The van der Waals surface area contributed by atoms with Crippen molar-refractivity contribution in [2.75, 3.05) is 0 Å². The summed E-state index contributed by atoms with van der Waals surface area (Å²) in [5.41, 5.74) is 1.19. The Morgan fingerprint density at radius 2 is 1.85 bits per heavy atom. The van der Waals surface area contributed by atoms with Crippen molar-refractivity contribution < 1.29 is 4.79 Å². The topological polar surface area (TPSA) is 17.1 Å². The molecule has 1 nitrogen and oxygen atoms in total. The van der Waals surface area contributed by atoms with Crippen LogP contribution in [0.25, 0.3) is 0 Å². The first kappa shape index (κ1) is 11.9. The second kappa shape index (κ2) is 7.53. The zero-order valence-corrected chi connectivity index (χ0v) is 8.38. The fourth-order valence-corrected chi connectivity index (χ4v) is 1.11. The minimum atomic E-state index is 0.271. The van der Waals surface area contributed by atoms with Gasteiger partial charge in [0.25, 0.3) is 0 Å². The van der Waals surface area contributed by atoms with Crippen LogP contribution in [-0.2, 0) is 4.79 Å². The maximum Gasteiger partial charge on any atom is 0.129 e. The standard InChI is InChI=1S/C12H18O/c1-4-8-12(5-2)10-7-6-9-11(3)13/h4-5,8H,1-2,6-7,9-10H2,3H3/b12-8+. The van der Waals surface area contributed by atoms with Crippen molar-refractivity contribution in [2.24, 2.45) is 0 Å². The number of hydrogen-bond acceptors (Lipinski definition) is 1. The predicted molar refractivity (Wildman–Crippen MR) is 57.6 cm³/mol. The molecule has 0 fully saturated rings. The lowest BCUT2D eigenvalue weighted by Gasteiger charge is -1.99. The van der Waals surface area contributed by atoms with Gasteiger partial charge < -0.3 is 4.79 Å². The first-order valence-electron chi connectivity index (χ1n) is 4.64. The van der Waals surface area contributed by atoms with Crippen molar-refractivity contribution in [1.82, 2.24) is 0 Å². The van der Waals surface area contributed by atoms with Gasteiger partial charge in [-0.3, -0.25) is 0 Å². The molecule has 13 heavy (non-hydrogen) atoms. The highest BCUT2D eigenvalue weighted by Gasteiger charge is 1.95. The van der Waals surface area contributed by atoms with Crippen molar-refractivity contribution in [3.8, 4) is 0 Å². The molecule has 72 valence electrons. The molecule has 0 aliphatic rings. The van der Waals surface area contributed by atoms with Gasteiger partial charge in [0.2, 0.25) is 0 Å². The van der Waals surface area contributed by atoms with E-state index >= 15 is 0 Å². The van der Waals surface area contributed by atoms with Crippen molar-refractivity contribution in [1.29, 1.82) is 0 Å². The van der Waals surface area contributed by atoms with Gasteiger partial charge in [-0.25, -0.2) is 0 Å². The van der Waals surface area contributed by atoms with Gasteiger partial charge in [0.05, 0.1) is 0 Å². The van der Waals surface area contributed by atoms with E-state index in [1.54, 1.807) is 13.0 Å². The zero-order chi connectivity index (χ0) is 10.1. The zero-order valence-electron chi connectivity index (χ0n) is 8.38. The fraction of sp³-hybridized carbons (Fsp3) is 0.417. The van der Waals surface area contributed by atoms with E-state index in [2.05, 4.69) is 13.2 Å². The maximum absolute atomic E-state index is 10.6. The van der Waals surface area contributed by atoms with E-state index in [0.717, 1.165) is 19.3 Å². The van der Waals surface area contributed by atoms with E-state index in [9.17, 15) is 4.79 Å². The van der Waals surface area contributed by atoms with E-state index in [1.807, 2.05) is 12.2 Å². The van der Waals surface area contributed by atoms with E-state index in [0.29, 0.717) is 6.42 Å². The van der Waals surface area contributed by atoms with Gasteiger partial charge in [-0.05, 0) is 31.8 Å². The van der Waals surface area contributed by atoms with Crippen molar-refractivity contribution >= 4 is 5.78 Å². The first-order valence-corrected chi connectivity index (χ1v) is 4.64. The van der Waals surface area contributed by atoms with E-state index in [4.69, 9.17) is 0 Å². The molecule has 0 aromatic rings. The number of unbranched alkanes of at least 4 members (excludes halogenated alkanes) is 1. The average molecular weight is 178 g/mol. The summed E-state index contributed by atoms with van der Waals surface area (Å²) < 4.78 is 0. The minimum Gasteiger partial charge on any atom is -0.300 e. The van der Waals surface area contributed by atoms with Crippen molar-refractivity contribution in [3.63, 3.8) is 0 Å². The molecule has 0 radical (unpaired) electrons. The SMILES string of the molecule is C=C/C=C(\C=C)CCCCC(C)=O. The summed E-state index contributed by atoms with van der Waals surface area (Å²) in [6, 6.07) is 0. The van der Waals surface area contributed by atoms with Gasteiger partial charge in [-0.15, -0.1) is 0 Å². The molecule has 0 rings (SSSR count). The quantitative estimate of drug-likeness (QED) is 0.431. The lowest BCUT2D eigenvalue weighted by atomic mass is 10.1. The largest absolute Gasteiger partial charge is 0.300 e. The molecule has 0 aromatic heterocycles. The van der Waals surface area contributed by atoms with Gasteiger partial charge >= 0.3 is 0 Å². The highest BCUT2D eigenvalue weighted by Crippen LogP contribution is 2.09. The highest BCUT2D eigenvalue weighted by atomic mass is 16.1. The summed E-state index contributed by atoms with van der Waals surface area (Å²) in [6.45, 7) is 8.97. The number of carbonyl (C=O) groups is 1. The van der Waals surface area contributed by atoms with Gasteiger partial charge in [-0.2, -0.15) is 0 Å². The van der Waals surface area contributed by atoms with E-state index < -0.39 is 0 Å². The number of rotatable bonds is 7. The van der Waals surface area contributed by atoms with Crippen LogP contribution in [-0.4, -0.2) is 5.78 Å². The van der Waals surface area contributed by atoms with Crippen molar-refractivity contribution in [2.45, 2.75) is 32.6 Å². The smallest absolute Gasteiger partial charge is 0.129 e. The predicted octanol–water partition coefficient (Wildman–Crippen LogP) is 3.43. The third-order valence-corrected chi connectivity index (χ3v) is 1.84. The molecule has 0 bridgehead atoms. The molecule has 0 spiro atoms. The number of carbonyl (C=O) groups excluding carboxylic acids is 1. The molecule has 0 N–H and O–H groups in total. The fourth-order valence-electron chi connectivity index (χ4n) is 1.11. The Morgan fingerprint density at radius 1 is 1.23 bits per heavy atom. The summed E-state index contributed by atoms with van der Waals surface area (Å²) in [6.07, 6.45) is 9.27. The van der Waals surface area contributed by atoms with Crippen LogP contribution in [0.4, 0.5) is 0 Å². The summed E-state index contributed by atoms with van der Waals surface area (Å²) in [7, 11) is 0. The third kappa shape index (κ3) is 7.26. The lowest BCUT2D eigenvalue weighted by molar-refractivity contribution is -0.117. The molecular formula is C12H18O. The van der Waals surface area contributed by atoms with Crippen LogP contribution in [0.3, 0.4) is 0 Å². The van der Waals surface area contributed by atoms with Crippen LogP contribution >= 0.6 is 0 Å². The third-order valence-electron chi connectivity index (χ3n) is 1.84. The number of allylic oxidation sites excluding steroid dienone is 4. The monoisotopic (exact) mass is 178 g/mol. The summed E-state index contributed by atoms with van der Waals surface area (Å²) in [4.78, 5) is 10.6. The molecule has 0 aliphatic carbocycles. The number of hydrogen-bond donors (Lipinski definition) is 0. The van der Waals surface area contributed by atoms with Crippen LogP contribution in [0, 0.1) is 0 Å². The van der Waals surface area contributed by atoms with Gasteiger partial charge in [-0.1, -0.05) is 31.4 Å². The first-order chi connectivity index (χ1) is 6.20. The van der Waals surface area contributed by atoms with Crippen LogP contribution in [0.1, 0.15) is 32.6 Å². The molecule has 0 amide bonds. The van der Waals surface area contributed by atoms with Gasteiger partial charge in [0.1, 0.15) is 5.78 Å². The van der Waals surface area contributed by atoms with Crippen LogP contribution in [0.15, 0.2) is 37.0 Å². The molecule has 0 atom stereocenters. The molecule has 0 saturated carbocycles. The second-order valence-electron chi connectivity index (χ2n) is 3.09. The Morgan fingerprint density at radius 3 is 2.31 bits per heavy atom. The Labute approximate surface area is 80.8 Å². The highest BCUT2D eigenvalue weighted by molar-refractivity contribution is 5.75. The lowest BCUT2D eigenvalue weighted by Crippen LogP contribution is -1.89. The van der Waals surface area contributed by atoms with Gasteiger partial charge in [0.15, 0.2) is 0 Å². The average Bonchev–Trinajstić information content (AvgIpc) is 2.10. The van der Waals surface area contributed by atoms with Gasteiger partial charge in [0, 0.05) is 6.42 Å². The second-order valence-corrected chi connectivity index (χ2v) is 3.09. The minimum absolute atomic E-state index is 0.271. The van der Waals surface area contributed by atoms with Crippen molar-refractivity contribution in [3.05, 3.63) is 37.0 Å². The maximum atomic E-state index is 10.6. The summed E-state index contributed by atoms with van der Waals surface area (Å²) >= 11 is 0. The molecule has 0 saturated heterocycles. The van der Waals surface area contributed by atoms with Crippen LogP contribution in [0.5, 0.6) is 0 Å².